The summed E-state index contributed by atoms with van der Waals surface area (Å²) in [6.07, 6.45) is 0.692. The van der Waals surface area contributed by atoms with E-state index in [1.54, 1.807) is 0 Å². The molecule has 14 heavy (non-hydrogen) atoms. The molecule has 0 spiro atoms. The van der Waals surface area contributed by atoms with Crippen LogP contribution in [0.5, 0.6) is 0 Å². The van der Waals surface area contributed by atoms with Gasteiger partial charge >= 0.3 is 0 Å². The van der Waals surface area contributed by atoms with Gasteiger partial charge in [0.25, 0.3) is 0 Å². The fourth-order valence-corrected chi connectivity index (χ4v) is 2.91. The Morgan fingerprint density at radius 2 is 1.93 bits per heavy atom. The number of hydrogen-bond acceptors (Lipinski definition) is 1. The molecule has 1 heterocycles. The van der Waals surface area contributed by atoms with Gasteiger partial charge in [-0.05, 0) is 18.6 Å². The highest BCUT2D eigenvalue weighted by Crippen LogP contribution is 2.38. The van der Waals surface area contributed by atoms with Crippen molar-refractivity contribution < 1.29 is 8.78 Å². The van der Waals surface area contributed by atoms with E-state index in [0.29, 0.717) is 16.1 Å². The second-order valence-corrected chi connectivity index (χ2v) is 4.41. The second kappa shape index (κ2) is 3.48. The van der Waals surface area contributed by atoms with Gasteiger partial charge in [0, 0.05) is 4.88 Å². The maximum absolute atomic E-state index is 13.3. The molecule has 0 N–H and O–H groups in total. The summed E-state index contributed by atoms with van der Waals surface area (Å²) in [4.78, 5) is 0.825. The molecule has 1 aromatic heterocycles. The van der Waals surface area contributed by atoms with E-state index in [-0.39, 0.29) is 5.39 Å². The van der Waals surface area contributed by atoms with Crippen molar-refractivity contribution in [3.8, 4) is 0 Å². The van der Waals surface area contributed by atoms with Gasteiger partial charge in [-0.1, -0.05) is 18.5 Å². The van der Waals surface area contributed by atoms with Crippen LogP contribution in [0.15, 0.2) is 12.1 Å². The van der Waals surface area contributed by atoms with Crippen LogP contribution in [0.3, 0.4) is 0 Å². The Kier molecular flexibility index (Phi) is 2.45. The highest BCUT2D eigenvalue weighted by Gasteiger charge is 2.15. The third-order valence-electron chi connectivity index (χ3n) is 2.07. The van der Waals surface area contributed by atoms with Crippen molar-refractivity contribution in [3.05, 3.63) is 33.7 Å². The number of aryl methyl sites for hydroxylation is 1. The van der Waals surface area contributed by atoms with Crippen LogP contribution in [0, 0.1) is 11.6 Å². The van der Waals surface area contributed by atoms with Crippen LogP contribution in [0.4, 0.5) is 8.78 Å². The van der Waals surface area contributed by atoms with E-state index in [1.165, 1.54) is 11.3 Å². The van der Waals surface area contributed by atoms with E-state index in [4.69, 9.17) is 11.6 Å². The standard InChI is InChI=1S/C10H7ClF2S/c1-2-7-9(11)8-5(12)3-4-6(13)10(8)14-7/h3-4H,2H2,1H3. The van der Waals surface area contributed by atoms with Crippen LogP contribution >= 0.6 is 22.9 Å². The van der Waals surface area contributed by atoms with E-state index in [2.05, 4.69) is 0 Å². The van der Waals surface area contributed by atoms with Gasteiger partial charge < -0.3 is 0 Å². The smallest absolute Gasteiger partial charge is 0.141 e. The van der Waals surface area contributed by atoms with Crippen LogP contribution in [-0.2, 0) is 6.42 Å². The minimum absolute atomic E-state index is 0.216. The molecule has 2 aromatic rings. The predicted molar refractivity (Wildman–Crippen MR) is 56.1 cm³/mol. The van der Waals surface area contributed by atoms with Crippen molar-refractivity contribution >= 4 is 33.0 Å². The summed E-state index contributed by atoms with van der Waals surface area (Å²) in [6.45, 7) is 1.91. The van der Waals surface area contributed by atoms with E-state index >= 15 is 0 Å². The van der Waals surface area contributed by atoms with Crippen LogP contribution in [-0.4, -0.2) is 0 Å². The first-order valence-corrected chi connectivity index (χ1v) is 5.39. The third-order valence-corrected chi connectivity index (χ3v) is 3.94. The Hall–Kier alpha value is -0.670. The van der Waals surface area contributed by atoms with Crippen LogP contribution < -0.4 is 0 Å². The fourth-order valence-electron chi connectivity index (χ4n) is 1.37. The highest BCUT2D eigenvalue weighted by atomic mass is 35.5. The number of halogens is 3. The topological polar surface area (TPSA) is 0 Å². The monoisotopic (exact) mass is 232 g/mol. The Morgan fingerprint density at radius 1 is 1.29 bits per heavy atom. The van der Waals surface area contributed by atoms with Gasteiger partial charge in [-0.3, -0.25) is 0 Å². The first kappa shape index (κ1) is 9.87. The Bertz CT molecular complexity index is 490. The molecule has 4 heteroatoms. The summed E-state index contributed by atoms with van der Waals surface area (Å²) in [6, 6.07) is 2.24. The first-order chi connectivity index (χ1) is 6.65. The first-order valence-electron chi connectivity index (χ1n) is 4.20. The summed E-state index contributed by atoms with van der Waals surface area (Å²) in [5, 5.41) is 0.568. The van der Waals surface area contributed by atoms with Crippen molar-refractivity contribution in [2.45, 2.75) is 13.3 Å². The largest absolute Gasteiger partial charge is 0.206 e. The Morgan fingerprint density at radius 3 is 2.50 bits per heavy atom. The minimum atomic E-state index is -0.456. The molecule has 0 aliphatic rings. The Labute approximate surface area is 89.1 Å². The summed E-state index contributed by atoms with van der Waals surface area (Å²) in [5.41, 5.74) is 0. The molecular formula is C10H7ClF2S. The average molecular weight is 233 g/mol. The van der Waals surface area contributed by atoms with Crippen LogP contribution in [0.2, 0.25) is 5.02 Å². The normalized spacial score (nSPS) is 11.1. The van der Waals surface area contributed by atoms with Crippen LogP contribution in [0.1, 0.15) is 11.8 Å². The molecule has 0 saturated carbocycles. The summed E-state index contributed by atoms with van der Waals surface area (Å²) < 4.78 is 26.9. The predicted octanol–water partition coefficient (Wildman–Crippen LogP) is 4.40. The number of thiophene rings is 1. The summed E-state index contributed by atoms with van der Waals surface area (Å²) in [7, 11) is 0. The molecule has 0 saturated heterocycles. The molecule has 0 aliphatic heterocycles. The SMILES string of the molecule is CCc1sc2c(F)ccc(F)c2c1Cl. The molecule has 2 rings (SSSR count). The summed E-state index contributed by atoms with van der Waals surface area (Å²) >= 11 is 7.16. The van der Waals surface area contributed by atoms with Crippen molar-refractivity contribution in [2.24, 2.45) is 0 Å². The molecule has 0 atom stereocenters. The van der Waals surface area contributed by atoms with Crippen molar-refractivity contribution in [1.82, 2.24) is 0 Å². The third kappa shape index (κ3) is 1.31. The molecular weight excluding hydrogens is 226 g/mol. The number of rotatable bonds is 1. The maximum atomic E-state index is 13.3. The van der Waals surface area contributed by atoms with Crippen molar-refractivity contribution in [1.29, 1.82) is 0 Å². The van der Waals surface area contributed by atoms with Crippen molar-refractivity contribution in [2.75, 3.05) is 0 Å². The van der Waals surface area contributed by atoms with Crippen molar-refractivity contribution in [3.63, 3.8) is 0 Å². The molecule has 0 fully saturated rings. The Balaban J connectivity index is 2.90. The average Bonchev–Trinajstić information content (AvgIpc) is 2.51. The lowest BCUT2D eigenvalue weighted by molar-refractivity contribution is 0.619. The van der Waals surface area contributed by atoms with Gasteiger partial charge in [-0.25, -0.2) is 8.78 Å². The molecule has 0 unspecified atom stereocenters. The molecule has 0 nitrogen and oxygen atoms in total. The van der Waals surface area contributed by atoms with Gasteiger partial charge in [0.15, 0.2) is 0 Å². The molecule has 0 aliphatic carbocycles. The lowest BCUT2D eigenvalue weighted by Gasteiger charge is -1.94. The maximum Gasteiger partial charge on any atom is 0.141 e. The van der Waals surface area contributed by atoms with Gasteiger partial charge in [0.2, 0.25) is 0 Å². The summed E-state index contributed by atoms with van der Waals surface area (Å²) in [5.74, 6) is -0.865. The lowest BCUT2D eigenvalue weighted by atomic mass is 10.2. The number of hydrogen-bond donors (Lipinski definition) is 0. The van der Waals surface area contributed by atoms with E-state index in [9.17, 15) is 8.78 Å². The lowest BCUT2D eigenvalue weighted by Crippen LogP contribution is -1.79. The minimum Gasteiger partial charge on any atom is -0.206 e. The molecule has 74 valence electrons. The zero-order chi connectivity index (χ0) is 10.3. The van der Waals surface area contributed by atoms with Gasteiger partial charge in [0.05, 0.1) is 15.1 Å². The second-order valence-electron chi connectivity index (χ2n) is 2.93. The number of fused-ring (bicyclic) bond motifs is 1. The zero-order valence-corrected chi connectivity index (χ0v) is 8.98. The molecule has 0 radical (unpaired) electrons. The molecule has 1 aromatic carbocycles. The highest BCUT2D eigenvalue weighted by molar-refractivity contribution is 7.19. The zero-order valence-electron chi connectivity index (χ0n) is 7.40. The molecule has 0 amide bonds. The van der Waals surface area contributed by atoms with E-state index in [1.807, 2.05) is 6.92 Å². The van der Waals surface area contributed by atoms with Crippen LogP contribution in [0.25, 0.3) is 10.1 Å². The van der Waals surface area contributed by atoms with E-state index in [0.717, 1.165) is 17.0 Å². The van der Waals surface area contributed by atoms with E-state index < -0.39 is 11.6 Å². The van der Waals surface area contributed by atoms with Gasteiger partial charge in [-0.2, -0.15) is 0 Å². The quantitative estimate of drug-likeness (QED) is 0.684. The molecule has 0 bridgehead atoms. The van der Waals surface area contributed by atoms with Gasteiger partial charge in [-0.15, -0.1) is 11.3 Å². The number of benzene rings is 1. The van der Waals surface area contributed by atoms with Gasteiger partial charge in [0.1, 0.15) is 11.6 Å². The fraction of sp³-hybridized carbons (Fsp3) is 0.200.